The highest BCUT2D eigenvalue weighted by Gasteiger charge is 2.13. The van der Waals surface area contributed by atoms with Gasteiger partial charge in [-0.15, -0.1) is 0 Å². The van der Waals surface area contributed by atoms with E-state index in [4.69, 9.17) is 27.9 Å². The first kappa shape index (κ1) is 17.4. The fraction of sp³-hybridized carbons (Fsp3) is 0.176. The van der Waals surface area contributed by atoms with Gasteiger partial charge in [-0.3, -0.25) is 4.57 Å². The molecule has 128 valence electrons. The maximum absolute atomic E-state index is 11.9. The monoisotopic (exact) mass is 376 g/mol. The van der Waals surface area contributed by atoms with Gasteiger partial charge in [-0.25, -0.2) is 19.7 Å². The Morgan fingerprint density at radius 2 is 2.04 bits per heavy atom. The van der Waals surface area contributed by atoms with E-state index in [0.717, 1.165) is 5.57 Å². The predicted octanol–water partition coefficient (Wildman–Crippen LogP) is 4.02. The van der Waals surface area contributed by atoms with Gasteiger partial charge < -0.3 is 4.74 Å². The summed E-state index contributed by atoms with van der Waals surface area (Å²) >= 11 is 12.4. The first-order valence-electron chi connectivity index (χ1n) is 7.43. The molecule has 0 aliphatic heterocycles. The van der Waals surface area contributed by atoms with Crippen LogP contribution < -0.4 is 0 Å². The molecule has 2 aromatic heterocycles. The molecular weight excluding hydrogens is 363 g/mol. The van der Waals surface area contributed by atoms with Gasteiger partial charge in [-0.2, -0.15) is 0 Å². The number of imidazole rings is 1. The van der Waals surface area contributed by atoms with Crippen molar-refractivity contribution in [2.24, 2.45) is 0 Å². The molecule has 6 nitrogen and oxygen atoms in total. The number of ether oxygens (including phenoxy) is 1. The van der Waals surface area contributed by atoms with E-state index in [1.54, 1.807) is 41.2 Å². The Labute approximate surface area is 154 Å². The van der Waals surface area contributed by atoms with Gasteiger partial charge in [0.15, 0.2) is 10.8 Å². The quantitative estimate of drug-likeness (QED) is 0.291. The summed E-state index contributed by atoms with van der Waals surface area (Å²) in [6, 6.07) is 8.81. The molecule has 2 heterocycles. The predicted molar refractivity (Wildman–Crippen MR) is 95.7 cm³/mol. The summed E-state index contributed by atoms with van der Waals surface area (Å²) < 4.78 is 6.94. The summed E-state index contributed by atoms with van der Waals surface area (Å²) in [5.41, 5.74) is 1.77. The Hall–Kier alpha value is -2.44. The van der Waals surface area contributed by atoms with Crippen molar-refractivity contribution in [3.05, 3.63) is 65.4 Å². The largest absolute Gasteiger partial charge is 0.458 e. The normalized spacial score (nSPS) is 13.0. The van der Waals surface area contributed by atoms with E-state index >= 15 is 0 Å². The molecule has 25 heavy (non-hydrogen) atoms. The molecule has 0 saturated carbocycles. The smallest absolute Gasteiger partial charge is 0.338 e. The summed E-state index contributed by atoms with van der Waals surface area (Å²) in [7, 11) is 0. The Kier molecular flexibility index (Phi) is 5.31. The number of alkyl halides is 1. The molecule has 0 amide bonds. The van der Waals surface area contributed by atoms with Crippen molar-refractivity contribution in [2.45, 2.75) is 12.4 Å². The molecule has 3 rings (SSSR count). The zero-order valence-corrected chi connectivity index (χ0v) is 14.8. The van der Waals surface area contributed by atoms with Crippen LogP contribution in [0.3, 0.4) is 0 Å². The van der Waals surface area contributed by atoms with Crippen LogP contribution >= 0.6 is 23.2 Å². The Bertz CT molecular complexity index is 925. The Morgan fingerprint density at radius 1 is 1.28 bits per heavy atom. The molecule has 8 heteroatoms. The fourth-order valence-electron chi connectivity index (χ4n) is 2.20. The number of nitrogens with zero attached hydrogens (tertiary/aromatic N) is 4. The van der Waals surface area contributed by atoms with E-state index in [0.29, 0.717) is 16.7 Å². The van der Waals surface area contributed by atoms with Crippen molar-refractivity contribution >= 4 is 40.3 Å². The third-order valence-electron chi connectivity index (χ3n) is 3.44. The molecule has 0 radical (unpaired) electrons. The Morgan fingerprint density at radius 3 is 2.80 bits per heavy atom. The van der Waals surface area contributed by atoms with Crippen LogP contribution in [0.5, 0.6) is 0 Å². The number of aromatic nitrogens is 4. The van der Waals surface area contributed by atoms with Crippen LogP contribution in [0, 0.1) is 0 Å². The van der Waals surface area contributed by atoms with Crippen LogP contribution in [-0.2, 0) is 4.74 Å². The third-order valence-corrected chi connectivity index (χ3v) is 4.06. The minimum absolute atomic E-state index is 0.138. The van der Waals surface area contributed by atoms with Crippen molar-refractivity contribution in [2.75, 3.05) is 6.61 Å². The lowest BCUT2D eigenvalue weighted by Gasteiger charge is -2.10. The van der Waals surface area contributed by atoms with Crippen molar-refractivity contribution in [1.29, 1.82) is 0 Å². The van der Waals surface area contributed by atoms with Crippen LogP contribution in [0.2, 0.25) is 5.15 Å². The SMILES string of the molecule is C/C(=C/C(Cl)n1cnc2c(Cl)ncnc21)COC(=O)c1ccccc1. The number of benzene rings is 1. The topological polar surface area (TPSA) is 69.9 Å². The summed E-state index contributed by atoms with van der Waals surface area (Å²) in [4.78, 5) is 24.1. The number of hydrogen-bond acceptors (Lipinski definition) is 5. The summed E-state index contributed by atoms with van der Waals surface area (Å²) in [5, 5.41) is 0.269. The number of esters is 1. The first-order valence-corrected chi connectivity index (χ1v) is 8.24. The third kappa shape index (κ3) is 3.97. The van der Waals surface area contributed by atoms with Gasteiger partial charge in [0.05, 0.1) is 11.9 Å². The number of halogens is 2. The van der Waals surface area contributed by atoms with Crippen LogP contribution in [-0.4, -0.2) is 32.1 Å². The summed E-state index contributed by atoms with van der Waals surface area (Å²) in [6.45, 7) is 1.97. The van der Waals surface area contributed by atoms with Crippen molar-refractivity contribution < 1.29 is 9.53 Å². The number of rotatable bonds is 5. The molecular formula is C17H14Cl2N4O2. The van der Waals surface area contributed by atoms with Gasteiger partial charge in [-0.1, -0.05) is 41.4 Å². The van der Waals surface area contributed by atoms with E-state index in [1.807, 2.05) is 13.0 Å². The van der Waals surface area contributed by atoms with Crippen molar-refractivity contribution in [1.82, 2.24) is 19.5 Å². The molecule has 0 aliphatic carbocycles. The van der Waals surface area contributed by atoms with Crippen LogP contribution in [0.15, 0.2) is 54.6 Å². The second-order valence-corrected chi connectivity index (χ2v) is 6.12. The lowest BCUT2D eigenvalue weighted by molar-refractivity contribution is 0.0539. The highest BCUT2D eigenvalue weighted by atomic mass is 35.5. The van der Waals surface area contributed by atoms with E-state index < -0.39 is 5.50 Å². The number of allylic oxidation sites excluding steroid dienone is 1. The van der Waals surface area contributed by atoms with Gasteiger partial charge in [0.1, 0.15) is 24.0 Å². The van der Waals surface area contributed by atoms with Gasteiger partial charge in [0.25, 0.3) is 0 Å². The zero-order valence-electron chi connectivity index (χ0n) is 13.3. The van der Waals surface area contributed by atoms with Crippen molar-refractivity contribution in [3.63, 3.8) is 0 Å². The minimum Gasteiger partial charge on any atom is -0.458 e. The molecule has 0 bridgehead atoms. The summed E-state index contributed by atoms with van der Waals surface area (Å²) in [6.07, 6.45) is 4.66. The van der Waals surface area contributed by atoms with Crippen LogP contribution in [0.4, 0.5) is 0 Å². The van der Waals surface area contributed by atoms with E-state index in [-0.39, 0.29) is 17.7 Å². The standard InChI is InChI=1S/C17H14Cl2N4O2/c1-11(8-25-17(24)12-5-3-2-4-6-12)7-13(18)23-10-22-14-15(19)20-9-21-16(14)23/h2-7,9-10,13H,8H2,1H3/b11-7-. The molecule has 0 aliphatic rings. The molecule has 0 saturated heterocycles. The molecule has 0 fully saturated rings. The van der Waals surface area contributed by atoms with Gasteiger partial charge in [0.2, 0.25) is 0 Å². The lowest BCUT2D eigenvalue weighted by atomic mass is 10.2. The fourth-order valence-corrected chi connectivity index (χ4v) is 2.74. The van der Waals surface area contributed by atoms with Crippen LogP contribution in [0.1, 0.15) is 22.8 Å². The van der Waals surface area contributed by atoms with Gasteiger partial charge in [-0.05, 0) is 30.7 Å². The minimum atomic E-state index is -0.550. The van der Waals surface area contributed by atoms with Gasteiger partial charge in [0, 0.05) is 0 Å². The number of carbonyl (C=O) groups excluding carboxylic acids is 1. The molecule has 0 spiro atoms. The molecule has 0 N–H and O–H groups in total. The maximum Gasteiger partial charge on any atom is 0.338 e. The molecule has 1 aromatic carbocycles. The molecule has 1 unspecified atom stereocenters. The number of carbonyl (C=O) groups is 1. The van der Waals surface area contributed by atoms with Crippen LogP contribution in [0.25, 0.3) is 11.2 Å². The zero-order chi connectivity index (χ0) is 17.8. The first-order chi connectivity index (χ1) is 12.1. The highest BCUT2D eigenvalue weighted by molar-refractivity contribution is 6.33. The highest BCUT2D eigenvalue weighted by Crippen LogP contribution is 2.24. The van der Waals surface area contributed by atoms with E-state index in [1.165, 1.54) is 6.33 Å². The average Bonchev–Trinajstić information content (AvgIpc) is 3.06. The van der Waals surface area contributed by atoms with Crippen molar-refractivity contribution in [3.8, 4) is 0 Å². The van der Waals surface area contributed by atoms with E-state index in [9.17, 15) is 4.79 Å². The molecule has 3 aromatic rings. The maximum atomic E-state index is 11.9. The van der Waals surface area contributed by atoms with E-state index in [2.05, 4.69) is 15.0 Å². The molecule has 1 atom stereocenters. The number of hydrogen-bond donors (Lipinski definition) is 0. The second-order valence-electron chi connectivity index (χ2n) is 5.32. The second kappa shape index (κ2) is 7.63. The summed E-state index contributed by atoms with van der Waals surface area (Å²) in [5.74, 6) is -0.382. The Balaban J connectivity index is 1.69. The average molecular weight is 377 g/mol. The lowest BCUT2D eigenvalue weighted by Crippen LogP contribution is -2.08. The number of fused-ring (bicyclic) bond motifs is 1. The van der Waals surface area contributed by atoms with Gasteiger partial charge >= 0.3 is 5.97 Å².